The van der Waals surface area contributed by atoms with Gasteiger partial charge < -0.3 is 34.4 Å². The number of nitrogens with one attached hydrogen (secondary N) is 1. The third-order valence-corrected chi connectivity index (χ3v) is 10.7. The molecule has 0 saturated carbocycles. The summed E-state index contributed by atoms with van der Waals surface area (Å²) in [5, 5.41) is 42.0. The summed E-state index contributed by atoms with van der Waals surface area (Å²) >= 11 is 14.4. The Labute approximate surface area is 320 Å². The number of likely N-dealkylation sites (tertiary alicyclic amines) is 1. The highest BCUT2D eigenvalue weighted by Crippen LogP contribution is 2.48. The van der Waals surface area contributed by atoms with Crippen LogP contribution in [0.1, 0.15) is 55.9 Å². The maximum absolute atomic E-state index is 11.9. The second kappa shape index (κ2) is 17.4. The van der Waals surface area contributed by atoms with Gasteiger partial charge >= 0.3 is 5.97 Å². The van der Waals surface area contributed by atoms with E-state index < -0.39 is 28.6 Å². The van der Waals surface area contributed by atoms with Crippen LogP contribution in [-0.2, 0) is 22.7 Å². The Kier molecular flexibility index (Phi) is 13.2. The number of carbonyl (C=O) groups is 1. The number of hydrogen-bond donors (Lipinski definition) is 4. The van der Waals surface area contributed by atoms with E-state index in [2.05, 4.69) is 21.3 Å². The monoisotopic (exact) mass is 764 g/mol. The number of carboxylic acids is 1. The Hall–Kier alpha value is -3.99. The van der Waals surface area contributed by atoms with Gasteiger partial charge in [0.25, 0.3) is 0 Å². The topological polar surface area (TPSA) is 157 Å². The number of pyridine rings is 1. The number of nitrogens with zero attached hydrogens (tertiary/aromatic N) is 3. The van der Waals surface area contributed by atoms with Crippen LogP contribution in [0.2, 0.25) is 5.02 Å². The molecule has 2 aliphatic rings. The first-order chi connectivity index (χ1) is 25.3. The van der Waals surface area contributed by atoms with Gasteiger partial charge in [-0.25, -0.2) is 0 Å². The predicted octanol–water partition coefficient (Wildman–Crippen LogP) is 5.74. The van der Waals surface area contributed by atoms with Crippen molar-refractivity contribution in [2.75, 3.05) is 32.8 Å². The molecule has 1 fully saturated rings. The molecule has 0 radical (unpaired) electrons. The predicted molar refractivity (Wildman–Crippen MR) is 203 cm³/mol. The van der Waals surface area contributed by atoms with Crippen molar-refractivity contribution in [2.24, 2.45) is 0 Å². The molecule has 53 heavy (non-hydrogen) atoms. The molecule has 4 unspecified atom stereocenters. The molecule has 2 heterocycles. The third-order valence-electron chi connectivity index (χ3n) is 9.86. The molecule has 0 bridgehead atoms. The summed E-state index contributed by atoms with van der Waals surface area (Å²) in [6.07, 6.45) is 9.76. The van der Waals surface area contributed by atoms with Crippen molar-refractivity contribution < 1.29 is 34.3 Å². The van der Waals surface area contributed by atoms with E-state index in [-0.39, 0.29) is 42.7 Å². The standard InChI is InChI=1S/C40H46Cl2N4O7/c1-27(11-14-46-15-12-32(48)23-46)53-40(13-7-10-33(39(40,3)42)30-8-5-4-6-9-30)26-52-36-18-35(51-24-29-16-28(19-43)20-44-21-29)31(17-34(36)41)22-45-38(2,25-47)37(49)50/h4-10,13,16-18,20-21,27,32,45,47-48H,11-12,14-15,22-26H2,1-3H3,(H,49,50)/t27?,32-,38?,39?,40?/m1/s1. The molecule has 1 aromatic heterocycles. The van der Waals surface area contributed by atoms with E-state index in [1.807, 2.05) is 62.4 Å². The van der Waals surface area contributed by atoms with E-state index in [1.165, 1.54) is 13.1 Å². The lowest BCUT2D eigenvalue weighted by atomic mass is 9.76. The molecule has 11 nitrogen and oxygen atoms in total. The molecule has 2 aromatic carbocycles. The van der Waals surface area contributed by atoms with E-state index in [1.54, 1.807) is 24.4 Å². The molecule has 1 saturated heterocycles. The van der Waals surface area contributed by atoms with Gasteiger partial charge in [0, 0.05) is 55.8 Å². The minimum atomic E-state index is -1.62. The van der Waals surface area contributed by atoms with Crippen LogP contribution < -0.4 is 14.8 Å². The van der Waals surface area contributed by atoms with Crippen molar-refractivity contribution in [1.29, 1.82) is 5.26 Å². The van der Waals surface area contributed by atoms with Gasteiger partial charge in [0.1, 0.15) is 46.8 Å². The number of benzene rings is 2. The average Bonchev–Trinajstić information content (AvgIpc) is 3.58. The Balaban J connectivity index is 1.45. The Morgan fingerprint density at radius 1 is 1.21 bits per heavy atom. The fourth-order valence-corrected chi connectivity index (χ4v) is 6.99. The number of aliphatic hydroxyl groups is 2. The lowest BCUT2D eigenvalue weighted by molar-refractivity contribution is -0.145. The fourth-order valence-electron chi connectivity index (χ4n) is 6.41. The first-order valence-corrected chi connectivity index (χ1v) is 18.3. The van der Waals surface area contributed by atoms with Crippen LogP contribution in [0.4, 0.5) is 0 Å². The van der Waals surface area contributed by atoms with Crippen LogP contribution >= 0.6 is 23.2 Å². The Morgan fingerprint density at radius 2 is 1.98 bits per heavy atom. The number of β-amino-alcohol motifs (C(OH)–C–C–N with tert-alkyl or cyclic N) is 1. The van der Waals surface area contributed by atoms with Crippen LogP contribution in [0.25, 0.3) is 5.57 Å². The number of halogens is 2. The summed E-state index contributed by atoms with van der Waals surface area (Å²) in [6, 6.07) is 16.8. The highest BCUT2D eigenvalue weighted by atomic mass is 35.5. The van der Waals surface area contributed by atoms with Crippen LogP contribution in [0.15, 0.2) is 79.2 Å². The molecule has 0 amide bonds. The second-order valence-corrected chi connectivity index (χ2v) is 15.1. The molecule has 3 aromatic rings. The first kappa shape index (κ1) is 40.2. The zero-order valence-electron chi connectivity index (χ0n) is 30.1. The molecular formula is C40H46Cl2N4O7. The average molecular weight is 766 g/mol. The summed E-state index contributed by atoms with van der Waals surface area (Å²) < 4.78 is 19.7. The molecule has 1 aliphatic heterocycles. The smallest absolute Gasteiger partial charge is 0.326 e. The van der Waals surface area contributed by atoms with Crippen molar-refractivity contribution in [3.05, 3.63) is 106 Å². The number of alkyl halides is 1. The zero-order chi connectivity index (χ0) is 38.2. The van der Waals surface area contributed by atoms with E-state index in [9.17, 15) is 25.4 Å². The Morgan fingerprint density at radius 3 is 2.66 bits per heavy atom. The number of aliphatic carboxylic acids is 1. The number of allylic oxidation sites excluding steroid dienone is 2. The van der Waals surface area contributed by atoms with E-state index in [0.717, 1.165) is 30.6 Å². The van der Waals surface area contributed by atoms with E-state index in [0.29, 0.717) is 35.4 Å². The molecule has 1 aliphatic carbocycles. The first-order valence-electron chi connectivity index (χ1n) is 17.5. The second-order valence-electron chi connectivity index (χ2n) is 14.0. The van der Waals surface area contributed by atoms with Crippen molar-refractivity contribution >= 4 is 34.7 Å². The molecule has 282 valence electrons. The van der Waals surface area contributed by atoms with Crippen molar-refractivity contribution in [3.63, 3.8) is 0 Å². The van der Waals surface area contributed by atoms with E-state index in [4.69, 9.17) is 37.4 Å². The third kappa shape index (κ3) is 9.58. The number of ether oxygens (including phenoxy) is 3. The summed E-state index contributed by atoms with van der Waals surface area (Å²) in [5.41, 5.74) is 0.528. The maximum atomic E-state index is 11.9. The van der Waals surface area contributed by atoms with Gasteiger partial charge in [0.15, 0.2) is 0 Å². The Bertz CT molecular complexity index is 1850. The molecule has 5 rings (SSSR count). The SMILES string of the molecule is CC(CCN1CC[C@@H](O)C1)OC1(COc2cc(OCc3cncc(C#N)c3)c(CNC(C)(CO)C(=O)O)cc2Cl)C=CC=C(c2ccccc2)C1(C)Cl. The van der Waals surface area contributed by atoms with Crippen LogP contribution in [0.5, 0.6) is 11.5 Å². The van der Waals surface area contributed by atoms with Gasteiger partial charge in [0.05, 0.1) is 29.4 Å². The summed E-state index contributed by atoms with van der Waals surface area (Å²) in [6.45, 7) is 6.87. The molecule has 13 heteroatoms. The zero-order valence-corrected chi connectivity index (χ0v) is 31.6. The van der Waals surface area contributed by atoms with Crippen molar-refractivity contribution in [3.8, 4) is 17.6 Å². The largest absolute Gasteiger partial charge is 0.488 e. The highest BCUT2D eigenvalue weighted by molar-refractivity contribution is 6.32. The normalized spacial score (nSPS) is 23.1. The van der Waals surface area contributed by atoms with Crippen LogP contribution in [0, 0.1) is 11.3 Å². The summed E-state index contributed by atoms with van der Waals surface area (Å²) in [7, 11) is 0. The molecule has 4 N–H and O–H groups in total. The van der Waals surface area contributed by atoms with Gasteiger partial charge in [-0.15, -0.1) is 11.6 Å². The van der Waals surface area contributed by atoms with Crippen LogP contribution in [-0.4, -0.2) is 92.2 Å². The summed E-state index contributed by atoms with van der Waals surface area (Å²) in [5.74, 6) is -0.617. The van der Waals surface area contributed by atoms with Gasteiger partial charge in [-0.2, -0.15) is 5.26 Å². The maximum Gasteiger partial charge on any atom is 0.326 e. The number of hydrogen-bond acceptors (Lipinski definition) is 10. The molecule has 5 atom stereocenters. The minimum Gasteiger partial charge on any atom is -0.488 e. The van der Waals surface area contributed by atoms with Gasteiger partial charge in [0.2, 0.25) is 0 Å². The lowest BCUT2D eigenvalue weighted by Crippen LogP contribution is -2.56. The minimum absolute atomic E-state index is 0.0124. The molecule has 0 spiro atoms. The van der Waals surface area contributed by atoms with Crippen LogP contribution in [0.3, 0.4) is 0 Å². The van der Waals surface area contributed by atoms with Gasteiger partial charge in [-0.05, 0) is 63.0 Å². The quantitative estimate of drug-likeness (QED) is 0.124. The number of rotatable bonds is 17. The fraction of sp³-hybridized carbons (Fsp3) is 0.425. The number of nitriles is 1. The summed E-state index contributed by atoms with van der Waals surface area (Å²) in [4.78, 5) is 17.1. The van der Waals surface area contributed by atoms with Gasteiger partial charge in [-0.1, -0.05) is 54.1 Å². The highest BCUT2D eigenvalue weighted by Gasteiger charge is 2.52. The number of aromatic nitrogens is 1. The van der Waals surface area contributed by atoms with Gasteiger partial charge in [-0.3, -0.25) is 15.1 Å². The van der Waals surface area contributed by atoms with E-state index >= 15 is 0 Å². The number of carboxylic acid groups (broad SMARTS) is 1. The lowest BCUT2D eigenvalue weighted by Gasteiger charge is -2.47. The number of aliphatic hydroxyl groups excluding tert-OH is 2. The van der Waals surface area contributed by atoms with Crippen molar-refractivity contribution in [1.82, 2.24) is 15.2 Å². The van der Waals surface area contributed by atoms with Crippen molar-refractivity contribution in [2.45, 2.75) is 75.0 Å². The molecular weight excluding hydrogens is 719 g/mol.